The molecule has 0 aromatic heterocycles. The topological polar surface area (TPSA) is 87.7 Å². The minimum absolute atomic E-state index is 0.0455. The maximum Gasteiger partial charge on any atom is 0.224 e. The maximum atomic E-state index is 11.5. The lowest BCUT2D eigenvalue weighted by atomic mass is 10.1. The van der Waals surface area contributed by atoms with Gasteiger partial charge in [0.1, 0.15) is 0 Å². The molecular formula is C9H15N3O2. The Morgan fingerprint density at radius 3 is 2.71 bits per heavy atom. The number of amides is 1. The van der Waals surface area contributed by atoms with E-state index < -0.39 is 0 Å². The fraction of sp³-hybridized carbons (Fsp3) is 0.778. The second kappa shape index (κ2) is 3.48. The van der Waals surface area contributed by atoms with Gasteiger partial charge in [-0.1, -0.05) is 11.6 Å². The summed E-state index contributed by atoms with van der Waals surface area (Å²) in [6, 6.07) is 0. The second-order valence-electron chi connectivity index (χ2n) is 4.09. The maximum absolute atomic E-state index is 11.5. The van der Waals surface area contributed by atoms with Crippen molar-refractivity contribution in [2.75, 3.05) is 6.54 Å². The average Bonchev–Trinajstić information content (AvgIpc) is 2.68. The van der Waals surface area contributed by atoms with Crippen LogP contribution in [-0.4, -0.2) is 23.5 Å². The summed E-state index contributed by atoms with van der Waals surface area (Å²) in [7, 11) is 0. The number of oxime groups is 1. The smallest absolute Gasteiger partial charge is 0.224 e. The third kappa shape index (κ3) is 1.54. The summed E-state index contributed by atoms with van der Waals surface area (Å²) < 4.78 is 0. The van der Waals surface area contributed by atoms with E-state index >= 15 is 0 Å². The van der Waals surface area contributed by atoms with E-state index in [1.165, 1.54) is 19.3 Å². The Hall–Kier alpha value is -1.26. The Balaban J connectivity index is 1.75. The third-order valence-electron chi connectivity index (χ3n) is 3.28. The lowest BCUT2D eigenvalue weighted by molar-refractivity contribution is -0.122. The van der Waals surface area contributed by atoms with Crippen molar-refractivity contribution in [3.05, 3.63) is 0 Å². The van der Waals surface area contributed by atoms with E-state index in [0.29, 0.717) is 11.8 Å². The Morgan fingerprint density at radius 2 is 2.14 bits per heavy atom. The lowest BCUT2D eigenvalue weighted by Crippen LogP contribution is -2.35. The molecule has 2 aliphatic carbocycles. The zero-order chi connectivity index (χ0) is 10.1. The van der Waals surface area contributed by atoms with E-state index in [1.54, 1.807) is 0 Å². The van der Waals surface area contributed by atoms with Crippen LogP contribution in [0, 0.1) is 17.8 Å². The highest BCUT2D eigenvalue weighted by Gasteiger charge is 2.56. The number of nitrogens with two attached hydrogens (primary N) is 1. The minimum Gasteiger partial charge on any atom is -0.409 e. The number of carbonyl (C=O) groups excluding carboxylic acids is 1. The lowest BCUT2D eigenvalue weighted by Gasteiger charge is -2.04. The summed E-state index contributed by atoms with van der Waals surface area (Å²) in [5.41, 5.74) is 5.24. The molecule has 14 heavy (non-hydrogen) atoms. The number of fused-ring (bicyclic) bond motifs is 1. The van der Waals surface area contributed by atoms with Crippen LogP contribution >= 0.6 is 0 Å². The summed E-state index contributed by atoms with van der Waals surface area (Å²) >= 11 is 0. The van der Waals surface area contributed by atoms with Gasteiger partial charge in [-0.05, 0) is 24.7 Å². The van der Waals surface area contributed by atoms with Crippen molar-refractivity contribution in [2.24, 2.45) is 28.6 Å². The summed E-state index contributed by atoms with van der Waals surface area (Å²) in [5, 5.41) is 13.7. The van der Waals surface area contributed by atoms with Crippen molar-refractivity contribution in [1.29, 1.82) is 0 Å². The van der Waals surface area contributed by atoms with Gasteiger partial charge >= 0.3 is 0 Å². The second-order valence-corrected chi connectivity index (χ2v) is 4.09. The number of hydrogen-bond donors (Lipinski definition) is 3. The molecule has 2 saturated carbocycles. The zero-order valence-corrected chi connectivity index (χ0v) is 7.94. The van der Waals surface area contributed by atoms with E-state index in [2.05, 4.69) is 10.5 Å². The molecule has 0 aromatic carbocycles. The van der Waals surface area contributed by atoms with E-state index in [4.69, 9.17) is 10.9 Å². The van der Waals surface area contributed by atoms with Gasteiger partial charge in [-0.3, -0.25) is 4.79 Å². The standard InChI is InChI=1S/C9H15N3O2/c10-7(12-14)4-11-9(13)8-5-2-1-3-6(5)8/h5-6,8,14H,1-4H2,(H2,10,12)(H,11,13). The van der Waals surface area contributed by atoms with Crippen molar-refractivity contribution in [2.45, 2.75) is 19.3 Å². The normalized spacial score (nSPS) is 35.1. The van der Waals surface area contributed by atoms with E-state index in [-0.39, 0.29) is 24.2 Å². The van der Waals surface area contributed by atoms with Gasteiger partial charge in [0.15, 0.2) is 5.84 Å². The molecule has 0 saturated heterocycles. The van der Waals surface area contributed by atoms with Crippen LogP contribution in [0.1, 0.15) is 19.3 Å². The van der Waals surface area contributed by atoms with Gasteiger partial charge < -0.3 is 16.3 Å². The highest BCUT2D eigenvalue weighted by atomic mass is 16.4. The molecule has 2 rings (SSSR count). The summed E-state index contributed by atoms with van der Waals surface area (Å²) in [4.78, 5) is 11.5. The molecule has 2 fully saturated rings. The average molecular weight is 197 g/mol. The predicted octanol–water partition coefficient (Wildman–Crippen LogP) is -0.105. The third-order valence-corrected chi connectivity index (χ3v) is 3.28. The van der Waals surface area contributed by atoms with E-state index in [1.807, 2.05) is 0 Å². The highest BCUT2D eigenvalue weighted by Crippen LogP contribution is 2.57. The molecule has 4 N–H and O–H groups in total. The zero-order valence-electron chi connectivity index (χ0n) is 7.94. The summed E-state index contributed by atoms with van der Waals surface area (Å²) in [6.07, 6.45) is 3.64. The predicted molar refractivity (Wildman–Crippen MR) is 50.7 cm³/mol. The van der Waals surface area contributed by atoms with Crippen LogP contribution in [0.2, 0.25) is 0 Å². The molecule has 2 unspecified atom stereocenters. The molecule has 2 aliphatic rings. The SMILES string of the molecule is NC(CNC(=O)C1C2CCCC21)=NO. The highest BCUT2D eigenvalue weighted by molar-refractivity contribution is 5.89. The molecule has 78 valence electrons. The molecule has 0 aromatic rings. The molecule has 0 bridgehead atoms. The quantitative estimate of drug-likeness (QED) is 0.255. The van der Waals surface area contributed by atoms with Gasteiger partial charge in [-0.25, -0.2) is 0 Å². The van der Waals surface area contributed by atoms with Crippen LogP contribution in [0.15, 0.2) is 5.16 Å². The fourth-order valence-electron chi connectivity index (χ4n) is 2.54. The first-order chi connectivity index (χ1) is 6.74. The molecule has 0 spiro atoms. The van der Waals surface area contributed by atoms with Crippen LogP contribution in [0.4, 0.5) is 0 Å². The van der Waals surface area contributed by atoms with Gasteiger partial charge in [-0.2, -0.15) is 0 Å². The summed E-state index contributed by atoms with van der Waals surface area (Å²) in [6.45, 7) is 0.144. The van der Waals surface area contributed by atoms with Crippen molar-refractivity contribution in [3.63, 3.8) is 0 Å². The molecular weight excluding hydrogens is 182 g/mol. The number of carbonyl (C=O) groups is 1. The molecule has 5 nitrogen and oxygen atoms in total. The van der Waals surface area contributed by atoms with Gasteiger partial charge in [0.25, 0.3) is 0 Å². The molecule has 1 amide bonds. The number of hydrogen-bond acceptors (Lipinski definition) is 3. The molecule has 5 heteroatoms. The Kier molecular flexibility index (Phi) is 2.31. The van der Waals surface area contributed by atoms with Crippen LogP contribution in [0.5, 0.6) is 0 Å². The van der Waals surface area contributed by atoms with Gasteiger partial charge in [0.2, 0.25) is 5.91 Å². The molecule has 0 aliphatic heterocycles. The monoisotopic (exact) mass is 197 g/mol. The van der Waals surface area contributed by atoms with Gasteiger partial charge in [0, 0.05) is 5.92 Å². The largest absolute Gasteiger partial charge is 0.409 e. The Labute approximate surface area is 82.3 Å². The first-order valence-electron chi connectivity index (χ1n) is 4.98. The van der Waals surface area contributed by atoms with Crippen LogP contribution in [0.25, 0.3) is 0 Å². The number of nitrogens with one attached hydrogen (secondary N) is 1. The van der Waals surface area contributed by atoms with E-state index in [0.717, 1.165) is 0 Å². The molecule has 0 heterocycles. The van der Waals surface area contributed by atoms with Crippen LogP contribution in [-0.2, 0) is 4.79 Å². The van der Waals surface area contributed by atoms with Crippen LogP contribution in [0.3, 0.4) is 0 Å². The van der Waals surface area contributed by atoms with Crippen molar-refractivity contribution >= 4 is 11.7 Å². The molecule has 0 radical (unpaired) electrons. The molecule has 2 atom stereocenters. The fourth-order valence-corrected chi connectivity index (χ4v) is 2.54. The Bertz CT molecular complexity index is 267. The first kappa shape index (κ1) is 9.30. The first-order valence-corrected chi connectivity index (χ1v) is 4.98. The Morgan fingerprint density at radius 1 is 1.50 bits per heavy atom. The van der Waals surface area contributed by atoms with Crippen LogP contribution < -0.4 is 11.1 Å². The summed E-state index contributed by atoms with van der Waals surface area (Å²) in [5.74, 6) is 1.54. The van der Waals surface area contributed by atoms with E-state index in [9.17, 15) is 4.79 Å². The minimum atomic E-state index is 0.0455. The van der Waals surface area contributed by atoms with Crippen molar-refractivity contribution in [3.8, 4) is 0 Å². The van der Waals surface area contributed by atoms with Crippen molar-refractivity contribution in [1.82, 2.24) is 5.32 Å². The number of amidine groups is 1. The number of nitrogens with zero attached hydrogens (tertiary/aromatic N) is 1. The van der Waals surface area contributed by atoms with Gasteiger partial charge in [-0.15, -0.1) is 0 Å². The number of rotatable bonds is 3. The van der Waals surface area contributed by atoms with Crippen molar-refractivity contribution < 1.29 is 10.0 Å². The van der Waals surface area contributed by atoms with Gasteiger partial charge in [0.05, 0.1) is 6.54 Å².